The molecule has 6 nitrogen and oxygen atoms in total. The molecule has 0 aliphatic carbocycles. The first-order valence-corrected chi connectivity index (χ1v) is 9.45. The van der Waals surface area contributed by atoms with Crippen molar-refractivity contribution in [2.75, 3.05) is 16.4 Å². The number of carbonyl (C=O) groups is 1. The molecular weight excluding hydrogens is 360 g/mol. The molecule has 0 saturated carbocycles. The molecule has 0 radical (unpaired) electrons. The Hall–Kier alpha value is -0.830. The maximum absolute atomic E-state index is 11.6. The van der Waals surface area contributed by atoms with E-state index in [1.807, 2.05) is 0 Å². The summed E-state index contributed by atoms with van der Waals surface area (Å²) >= 11 is 3.33. The minimum atomic E-state index is -2.45. The fourth-order valence-electron chi connectivity index (χ4n) is 3.22. The lowest BCUT2D eigenvalue weighted by molar-refractivity contribution is 0.195. The normalized spacial score (nSPS) is 26.4. The van der Waals surface area contributed by atoms with E-state index in [4.69, 9.17) is 0 Å². The SMILES string of the molecule is O=C(O)N1c2cc(Br)cnc2CC1C1CCS(O)(O)CC1. The molecule has 2 aliphatic rings. The molecule has 1 aromatic rings. The van der Waals surface area contributed by atoms with Crippen molar-refractivity contribution in [3.63, 3.8) is 0 Å². The first kappa shape index (κ1) is 15.1. The van der Waals surface area contributed by atoms with Crippen LogP contribution in [-0.4, -0.2) is 42.8 Å². The molecule has 3 heterocycles. The molecule has 1 amide bonds. The molecule has 1 unspecified atom stereocenters. The number of carboxylic acid groups (broad SMARTS) is 1. The monoisotopic (exact) mass is 376 g/mol. The van der Waals surface area contributed by atoms with Gasteiger partial charge in [0, 0.05) is 34.6 Å². The van der Waals surface area contributed by atoms with E-state index in [2.05, 4.69) is 20.9 Å². The smallest absolute Gasteiger partial charge is 0.412 e. The van der Waals surface area contributed by atoms with Crippen LogP contribution < -0.4 is 4.90 Å². The molecule has 21 heavy (non-hydrogen) atoms. The molecule has 116 valence electrons. The molecule has 2 aliphatic heterocycles. The van der Waals surface area contributed by atoms with Crippen molar-refractivity contribution in [2.24, 2.45) is 5.92 Å². The van der Waals surface area contributed by atoms with E-state index in [1.54, 1.807) is 12.3 Å². The highest BCUT2D eigenvalue weighted by Crippen LogP contribution is 2.48. The number of hydrogen-bond donors (Lipinski definition) is 3. The summed E-state index contributed by atoms with van der Waals surface area (Å²) < 4.78 is 20.2. The minimum Gasteiger partial charge on any atom is -0.465 e. The zero-order valence-electron chi connectivity index (χ0n) is 11.3. The van der Waals surface area contributed by atoms with Gasteiger partial charge in [0.15, 0.2) is 0 Å². The zero-order valence-corrected chi connectivity index (χ0v) is 13.7. The topological polar surface area (TPSA) is 93.9 Å². The number of amides is 1. The molecule has 8 heteroatoms. The second-order valence-electron chi connectivity index (χ2n) is 5.59. The first-order valence-electron chi connectivity index (χ1n) is 6.77. The van der Waals surface area contributed by atoms with Crippen LogP contribution >= 0.6 is 26.5 Å². The largest absolute Gasteiger partial charge is 0.465 e. The van der Waals surface area contributed by atoms with Crippen molar-refractivity contribution in [1.29, 1.82) is 0 Å². The predicted molar refractivity (Wildman–Crippen MR) is 85.2 cm³/mol. The van der Waals surface area contributed by atoms with Crippen LogP contribution in [0.5, 0.6) is 0 Å². The average Bonchev–Trinajstić information content (AvgIpc) is 2.77. The van der Waals surface area contributed by atoms with E-state index in [0.717, 1.165) is 10.2 Å². The van der Waals surface area contributed by atoms with Gasteiger partial charge < -0.3 is 5.11 Å². The number of rotatable bonds is 1. The third-order valence-corrected chi connectivity index (χ3v) is 6.50. The number of halogens is 1. The van der Waals surface area contributed by atoms with Gasteiger partial charge in [0.25, 0.3) is 0 Å². The molecule has 0 aromatic carbocycles. The molecule has 0 bridgehead atoms. The fraction of sp³-hybridized carbons (Fsp3) is 0.538. The number of anilines is 1. The molecule has 0 spiro atoms. The Labute approximate surface area is 132 Å². The molecule has 1 saturated heterocycles. The van der Waals surface area contributed by atoms with Crippen LogP contribution in [0.3, 0.4) is 0 Å². The van der Waals surface area contributed by atoms with Gasteiger partial charge in [-0.05, 0) is 40.8 Å². The summed E-state index contributed by atoms with van der Waals surface area (Å²) in [6.07, 6.45) is 2.59. The van der Waals surface area contributed by atoms with Crippen molar-refractivity contribution in [3.8, 4) is 0 Å². The zero-order chi connectivity index (χ0) is 15.2. The molecule has 1 fully saturated rings. The molecule has 1 aromatic heterocycles. The lowest BCUT2D eigenvalue weighted by atomic mass is 9.91. The molecular formula is C13H17BrN2O4S. The van der Waals surface area contributed by atoms with Gasteiger partial charge in [-0.15, -0.1) is 0 Å². The third-order valence-electron chi connectivity index (χ3n) is 4.29. The van der Waals surface area contributed by atoms with E-state index in [0.29, 0.717) is 36.5 Å². The fourth-order valence-corrected chi connectivity index (χ4v) is 5.11. The van der Waals surface area contributed by atoms with Crippen LogP contribution in [0, 0.1) is 5.92 Å². The Bertz CT molecular complexity index is 573. The summed E-state index contributed by atoms with van der Waals surface area (Å²) in [6.45, 7) is 0. The lowest BCUT2D eigenvalue weighted by Crippen LogP contribution is -2.43. The van der Waals surface area contributed by atoms with Crippen molar-refractivity contribution < 1.29 is 19.0 Å². The van der Waals surface area contributed by atoms with Gasteiger partial charge >= 0.3 is 6.09 Å². The van der Waals surface area contributed by atoms with E-state index >= 15 is 0 Å². The summed E-state index contributed by atoms with van der Waals surface area (Å²) in [5.74, 6) is 0.887. The van der Waals surface area contributed by atoms with Gasteiger partial charge in [-0.3, -0.25) is 19.0 Å². The highest BCUT2D eigenvalue weighted by Gasteiger charge is 2.41. The Morgan fingerprint density at radius 3 is 2.67 bits per heavy atom. The highest BCUT2D eigenvalue weighted by molar-refractivity contribution is 9.10. The number of fused-ring (bicyclic) bond motifs is 1. The molecule has 3 N–H and O–H groups in total. The molecule has 1 atom stereocenters. The predicted octanol–water partition coefficient (Wildman–Crippen LogP) is 3.41. The Morgan fingerprint density at radius 1 is 1.38 bits per heavy atom. The third kappa shape index (κ3) is 2.90. The van der Waals surface area contributed by atoms with E-state index < -0.39 is 16.7 Å². The van der Waals surface area contributed by atoms with Gasteiger partial charge in [0.2, 0.25) is 0 Å². The summed E-state index contributed by atoms with van der Waals surface area (Å²) in [7, 11) is -2.45. The number of aromatic nitrogens is 1. The van der Waals surface area contributed by atoms with Gasteiger partial charge in [0.1, 0.15) is 0 Å². The maximum Gasteiger partial charge on any atom is 0.412 e. The maximum atomic E-state index is 11.6. The number of pyridine rings is 1. The summed E-state index contributed by atoms with van der Waals surface area (Å²) in [4.78, 5) is 17.4. The van der Waals surface area contributed by atoms with Gasteiger partial charge in [-0.25, -0.2) is 4.79 Å². The van der Waals surface area contributed by atoms with E-state index in [1.165, 1.54) is 4.90 Å². The minimum absolute atomic E-state index is 0.147. The Kier molecular flexibility index (Phi) is 3.89. The summed E-state index contributed by atoms with van der Waals surface area (Å²) in [5.41, 5.74) is 1.43. The van der Waals surface area contributed by atoms with Gasteiger partial charge in [-0.1, -0.05) is 0 Å². The van der Waals surface area contributed by atoms with Gasteiger partial charge in [-0.2, -0.15) is 10.6 Å². The Balaban J connectivity index is 1.86. The number of nitrogens with zero attached hydrogens (tertiary/aromatic N) is 2. The van der Waals surface area contributed by atoms with Crippen LogP contribution in [0.4, 0.5) is 10.5 Å². The van der Waals surface area contributed by atoms with E-state index in [-0.39, 0.29) is 12.0 Å². The average molecular weight is 377 g/mol. The quantitative estimate of drug-likeness (QED) is 0.697. The first-order chi connectivity index (χ1) is 9.87. The number of hydrogen-bond acceptors (Lipinski definition) is 4. The van der Waals surface area contributed by atoms with E-state index in [9.17, 15) is 19.0 Å². The van der Waals surface area contributed by atoms with Crippen molar-refractivity contribution >= 4 is 38.3 Å². The second-order valence-corrected chi connectivity index (χ2v) is 8.93. The van der Waals surface area contributed by atoms with Crippen molar-refractivity contribution in [2.45, 2.75) is 25.3 Å². The van der Waals surface area contributed by atoms with Crippen LogP contribution in [-0.2, 0) is 6.42 Å². The molecule has 3 rings (SSSR count). The summed E-state index contributed by atoms with van der Waals surface area (Å²) in [5, 5.41) is 9.54. The highest BCUT2D eigenvalue weighted by atomic mass is 79.9. The second kappa shape index (κ2) is 5.42. The Morgan fingerprint density at radius 2 is 2.05 bits per heavy atom. The van der Waals surface area contributed by atoms with Gasteiger partial charge in [0.05, 0.1) is 11.4 Å². The lowest BCUT2D eigenvalue weighted by Gasteiger charge is -2.42. The standard InChI is InChI=1S/C13H17BrN2O4S/c14-9-5-12-10(15-7-9)6-11(16(12)13(17)18)8-1-3-21(19,20)4-2-8/h5,7-8,11,19-20H,1-4,6H2,(H,17,18). The van der Waals surface area contributed by atoms with Crippen LogP contribution in [0.15, 0.2) is 16.7 Å². The van der Waals surface area contributed by atoms with Crippen LogP contribution in [0.2, 0.25) is 0 Å². The van der Waals surface area contributed by atoms with Crippen molar-refractivity contribution in [1.82, 2.24) is 4.98 Å². The van der Waals surface area contributed by atoms with Crippen LogP contribution in [0.25, 0.3) is 0 Å². The summed E-state index contributed by atoms with van der Waals surface area (Å²) in [6, 6.07) is 1.63. The van der Waals surface area contributed by atoms with Crippen LogP contribution in [0.1, 0.15) is 18.5 Å². The van der Waals surface area contributed by atoms with Crippen molar-refractivity contribution in [3.05, 3.63) is 22.4 Å².